The highest BCUT2D eigenvalue weighted by Crippen LogP contribution is 2.26. The van der Waals surface area contributed by atoms with Gasteiger partial charge in [0.05, 0.1) is 12.6 Å². The molecule has 1 amide bonds. The van der Waals surface area contributed by atoms with Gasteiger partial charge in [-0.1, -0.05) is 18.2 Å². The maximum atomic E-state index is 12.1. The van der Waals surface area contributed by atoms with Crippen molar-refractivity contribution < 1.29 is 14.3 Å². The van der Waals surface area contributed by atoms with Crippen molar-refractivity contribution in [3.63, 3.8) is 0 Å². The first-order chi connectivity index (χ1) is 11.7. The summed E-state index contributed by atoms with van der Waals surface area (Å²) in [5, 5.41) is 2.99. The number of nitrogens with zero attached hydrogens (tertiary/aromatic N) is 1. The Bertz CT molecular complexity index is 501. The van der Waals surface area contributed by atoms with Crippen LogP contribution in [0.4, 0.5) is 0 Å². The third-order valence-electron chi connectivity index (χ3n) is 4.35. The van der Waals surface area contributed by atoms with E-state index in [-0.39, 0.29) is 5.91 Å². The van der Waals surface area contributed by atoms with Gasteiger partial charge in [0, 0.05) is 32.4 Å². The fraction of sp³-hybridized carbons (Fsp3) is 0.632. The SMILES string of the molecule is COCCCN(C)CC(=O)NCc1ccccc1OC1CCCC1. The second-order valence-electron chi connectivity index (χ2n) is 6.49. The number of para-hydroxylation sites is 1. The van der Waals surface area contributed by atoms with Crippen LogP contribution in [0, 0.1) is 0 Å². The maximum Gasteiger partial charge on any atom is 0.234 e. The Morgan fingerprint density at radius 1 is 1.29 bits per heavy atom. The molecule has 0 atom stereocenters. The molecule has 1 N–H and O–H groups in total. The fourth-order valence-corrected chi connectivity index (χ4v) is 3.00. The minimum absolute atomic E-state index is 0.0330. The zero-order valence-corrected chi connectivity index (χ0v) is 14.9. The Hall–Kier alpha value is -1.59. The van der Waals surface area contributed by atoms with Crippen LogP contribution in [-0.2, 0) is 16.1 Å². The van der Waals surface area contributed by atoms with E-state index in [2.05, 4.69) is 5.32 Å². The first kappa shape index (κ1) is 18.7. The molecule has 134 valence electrons. The van der Waals surface area contributed by atoms with Crippen LogP contribution in [-0.4, -0.2) is 50.8 Å². The van der Waals surface area contributed by atoms with Crippen molar-refractivity contribution in [1.29, 1.82) is 0 Å². The smallest absolute Gasteiger partial charge is 0.234 e. The van der Waals surface area contributed by atoms with Crippen LogP contribution >= 0.6 is 0 Å². The van der Waals surface area contributed by atoms with Crippen molar-refractivity contribution >= 4 is 5.91 Å². The number of nitrogens with one attached hydrogen (secondary N) is 1. The van der Waals surface area contributed by atoms with Crippen LogP contribution in [0.1, 0.15) is 37.7 Å². The molecule has 0 heterocycles. The van der Waals surface area contributed by atoms with Gasteiger partial charge in [-0.15, -0.1) is 0 Å². The van der Waals surface area contributed by atoms with Crippen LogP contribution in [0.5, 0.6) is 5.75 Å². The number of hydrogen-bond acceptors (Lipinski definition) is 4. The summed E-state index contributed by atoms with van der Waals surface area (Å²) in [7, 11) is 3.64. The van der Waals surface area contributed by atoms with Gasteiger partial charge in [-0.25, -0.2) is 0 Å². The first-order valence-corrected chi connectivity index (χ1v) is 8.88. The standard InChI is InChI=1S/C19H30N2O3/c1-21(12-7-13-23-2)15-19(22)20-14-16-8-3-6-11-18(16)24-17-9-4-5-10-17/h3,6,8,11,17H,4-5,7,9-10,12-15H2,1-2H3,(H,20,22). The molecule has 0 saturated heterocycles. The van der Waals surface area contributed by atoms with Crippen LogP contribution in [0.3, 0.4) is 0 Å². The van der Waals surface area contributed by atoms with Crippen LogP contribution in [0.15, 0.2) is 24.3 Å². The third kappa shape index (κ3) is 6.49. The van der Waals surface area contributed by atoms with Gasteiger partial charge in [0.1, 0.15) is 5.75 Å². The summed E-state index contributed by atoms with van der Waals surface area (Å²) in [6.45, 7) is 2.48. The van der Waals surface area contributed by atoms with Gasteiger partial charge < -0.3 is 14.8 Å². The molecule has 1 aromatic rings. The zero-order chi connectivity index (χ0) is 17.2. The molecule has 0 radical (unpaired) electrons. The predicted octanol–water partition coefficient (Wildman–Crippen LogP) is 2.59. The van der Waals surface area contributed by atoms with Gasteiger partial charge in [0.25, 0.3) is 0 Å². The topological polar surface area (TPSA) is 50.8 Å². The Morgan fingerprint density at radius 2 is 2.04 bits per heavy atom. The van der Waals surface area contributed by atoms with Crippen molar-refractivity contribution in [2.75, 3.05) is 33.9 Å². The van der Waals surface area contributed by atoms with E-state index in [1.165, 1.54) is 12.8 Å². The van der Waals surface area contributed by atoms with E-state index >= 15 is 0 Å². The fourth-order valence-electron chi connectivity index (χ4n) is 3.00. The summed E-state index contributed by atoms with van der Waals surface area (Å²) in [6.07, 6.45) is 6.02. The summed E-state index contributed by atoms with van der Waals surface area (Å²) in [4.78, 5) is 14.1. The molecule has 1 aliphatic rings. The summed E-state index contributed by atoms with van der Waals surface area (Å²) in [5.74, 6) is 0.934. The lowest BCUT2D eigenvalue weighted by atomic mass is 10.2. The summed E-state index contributed by atoms with van der Waals surface area (Å²) >= 11 is 0. The second kappa shape index (κ2) is 10.3. The van der Waals surface area contributed by atoms with E-state index in [0.29, 0.717) is 19.2 Å². The number of likely N-dealkylation sites (N-methyl/N-ethyl adjacent to an activating group) is 1. The molecule has 0 bridgehead atoms. The van der Waals surface area contributed by atoms with Gasteiger partial charge in [-0.2, -0.15) is 0 Å². The van der Waals surface area contributed by atoms with Crippen molar-refractivity contribution in [3.8, 4) is 5.75 Å². The van der Waals surface area contributed by atoms with Crippen molar-refractivity contribution in [2.24, 2.45) is 0 Å². The molecule has 5 heteroatoms. The minimum Gasteiger partial charge on any atom is -0.490 e. The van der Waals surface area contributed by atoms with E-state index in [9.17, 15) is 4.79 Å². The average Bonchev–Trinajstić information content (AvgIpc) is 3.07. The Morgan fingerprint density at radius 3 is 2.79 bits per heavy atom. The monoisotopic (exact) mass is 334 g/mol. The molecular formula is C19H30N2O3. The molecule has 2 rings (SSSR count). The molecule has 1 aromatic carbocycles. The molecule has 0 aliphatic heterocycles. The van der Waals surface area contributed by atoms with Gasteiger partial charge in [-0.05, 0) is 45.2 Å². The Labute approximate surface area is 145 Å². The van der Waals surface area contributed by atoms with E-state index < -0.39 is 0 Å². The van der Waals surface area contributed by atoms with E-state index in [0.717, 1.165) is 43.7 Å². The number of rotatable bonds is 10. The van der Waals surface area contributed by atoms with Gasteiger partial charge in [-0.3, -0.25) is 9.69 Å². The normalized spacial score (nSPS) is 15.0. The van der Waals surface area contributed by atoms with E-state index in [4.69, 9.17) is 9.47 Å². The number of hydrogen-bond donors (Lipinski definition) is 1. The number of amides is 1. The van der Waals surface area contributed by atoms with Crippen LogP contribution in [0.2, 0.25) is 0 Å². The summed E-state index contributed by atoms with van der Waals surface area (Å²) < 4.78 is 11.1. The third-order valence-corrected chi connectivity index (χ3v) is 4.35. The lowest BCUT2D eigenvalue weighted by Gasteiger charge is -2.18. The lowest BCUT2D eigenvalue weighted by molar-refractivity contribution is -0.122. The molecular weight excluding hydrogens is 304 g/mol. The van der Waals surface area contributed by atoms with E-state index in [1.54, 1.807) is 7.11 Å². The second-order valence-corrected chi connectivity index (χ2v) is 6.49. The molecule has 0 aromatic heterocycles. The maximum absolute atomic E-state index is 12.1. The predicted molar refractivity (Wildman–Crippen MR) is 95.2 cm³/mol. The molecule has 0 unspecified atom stereocenters. The number of benzene rings is 1. The minimum atomic E-state index is 0.0330. The number of carbonyl (C=O) groups is 1. The van der Waals surface area contributed by atoms with Crippen molar-refractivity contribution in [2.45, 2.75) is 44.8 Å². The number of ether oxygens (including phenoxy) is 2. The van der Waals surface area contributed by atoms with Crippen LogP contribution < -0.4 is 10.1 Å². The molecule has 24 heavy (non-hydrogen) atoms. The Balaban J connectivity index is 1.77. The highest BCUT2D eigenvalue weighted by atomic mass is 16.5. The van der Waals surface area contributed by atoms with Crippen molar-refractivity contribution in [3.05, 3.63) is 29.8 Å². The molecule has 1 fully saturated rings. The number of carbonyl (C=O) groups excluding carboxylic acids is 1. The first-order valence-electron chi connectivity index (χ1n) is 8.88. The highest BCUT2D eigenvalue weighted by Gasteiger charge is 2.18. The largest absolute Gasteiger partial charge is 0.490 e. The van der Waals surface area contributed by atoms with Gasteiger partial charge >= 0.3 is 0 Å². The quantitative estimate of drug-likeness (QED) is 0.668. The molecule has 0 spiro atoms. The molecule has 5 nitrogen and oxygen atoms in total. The summed E-state index contributed by atoms with van der Waals surface area (Å²) in [6, 6.07) is 7.99. The Kier molecular flexibility index (Phi) is 8.05. The van der Waals surface area contributed by atoms with Gasteiger partial charge in [0.15, 0.2) is 0 Å². The van der Waals surface area contributed by atoms with Crippen LogP contribution in [0.25, 0.3) is 0 Å². The van der Waals surface area contributed by atoms with E-state index in [1.807, 2.05) is 36.2 Å². The highest BCUT2D eigenvalue weighted by molar-refractivity contribution is 5.78. The lowest BCUT2D eigenvalue weighted by Crippen LogP contribution is -2.35. The van der Waals surface area contributed by atoms with Crippen molar-refractivity contribution in [1.82, 2.24) is 10.2 Å². The van der Waals surface area contributed by atoms with Gasteiger partial charge in [0.2, 0.25) is 5.91 Å². The number of methoxy groups -OCH3 is 1. The summed E-state index contributed by atoms with van der Waals surface area (Å²) in [5.41, 5.74) is 1.04. The molecule has 1 saturated carbocycles. The molecule has 1 aliphatic carbocycles. The zero-order valence-electron chi connectivity index (χ0n) is 14.9. The average molecular weight is 334 g/mol.